The first-order chi connectivity index (χ1) is 11.2. The van der Waals surface area contributed by atoms with E-state index in [0.29, 0.717) is 16.5 Å². The Bertz CT molecular complexity index is 772. The molecule has 3 aromatic rings. The van der Waals surface area contributed by atoms with Gasteiger partial charge in [-0.15, -0.1) is 0 Å². The van der Waals surface area contributed by atoms with Crippen LogP contribution in [0.4, 0.5) is 5.69 Å². The van der Waals surface area contributed by atoms with Crippen molar-refractivity contribution in [3.05, 3.63) is 88.5 Å². The van der Waals surface area contributed by atoms with Gasteiger partial charge in [-0.1, -0.05) is 76.6 Å². The molecule has 0 amide bonds. The van der Waals surface area contributed by atoms with E-state index in [1.807, 2.05) is 72.8 Å². The van der Waals surface area contributed by atoms with E-state index in [1.54, 1.807) is 0 Å². The van der Waals surface area contributed by atoms with Crippen LogP contribution in [-0.2, 0) is 5.33 Å². The number of nitrogens with zero attached hydrogens (tertiary/aromatic N) is 1. The minimum atomic E-state index is -0.289. The van der Waals surface area contributed by atoms with Crippen LogP contribution in [0.1, 0.15) is 5.56 Å². The van der Waals surface area contributed by atoms with Crippen molar-refractivity contribution in [2.75, 3.05) is 0 Å². The summed E-state index contributed by atoms with van der Waals surface area (Å²) in [5, 5.41) is 12.4. The first-order valence-electron chi connectivity index (χ1n) is 7.19. The maximum atomic E-state index is 11.8. The molecule has 0 unspecified atom stereocenters. The van der Waals surface area contributed by atoms with Crippen molar-refractivity contribution < 1.29 is 4.92 Å². The van der Waals surface area contributed by atoms with Crippen molar-refractivity contribution in [3.63, 3.8) is 0 Å². The molecule has 3 rings (SSSR count). The molecule has 23 heavy (non-hydrogen) atoms. The van der Waals surface area contributed by atoms with Crippen LogP contribution in [0.5, 0.6) is 0 Å². The highest BCUT2D eigenvalue weighted by Crippen LogP contribution is 2.40. The van der Waals surface area contributed by atoms with Crippen molar-refractivity contribution in [2.24, 2.45) is 0 Å². The van der Waals surface area contributed by atoms with Crippen molar-refractivity contribution >= 4 is 21.6 Å². The summed E-state index contributed by atoms with van der Waals surface area (Å²) in [5.74, 6) is 0. The van der Waals surface area contributed by atoms with E-state index in [4.69, 9.17) is 0 Å². The van der Waals surface area contributed by atoms with Crippen molar-refractivity contribution in [3.8, 4) is 22.3 Å². The second-order valence-electron chi connectivity index (χ2n) is 5.16. The highest BCUT2D eigenvalue weighted by atomic mass is 79.9. The summed E-state index contributed by atoms with van der Waals surface area (Å²) in [7, 11) is 0. The Morgan fingerprint density at radius 2 is 1.26 bits per heavy atom. The van der Waals surface area contributed by atoms with Crippen molar-refractivity contribution in [1.29, 1.82) is 0 Å². The normalized spacial score (nSPS) is 10.5. The van der Waals surface area contributed by atoms with Gasteiger partial charge in [-0.3, -0.25) is 10.1 Å². The third-order valence-electron chi connectivity index (χ3n) is 3.68. The van der Waals surface area contributed by atoms with E-state index in [2.05, 4.69) is 15.9 Å². The van der Waals surface area contributed by atoms with Gasteiger partial charge in [0.2, 0.25) is 0 Å². The molecule has 0 saturated heterocycles. The smallest absolute Gasteiger partial charge is 0.258 e. The van der Waals surface area contributed by atoms with Crippen LogP contribution in [0.15, 0.2) is 72.8 Å². The molecule has 0 radical (unpaired) electrons. The molecule has 3 nitrogen and oxygen atoms in total. The van der Waals surface area contributed by atoms with Gasteiger partial charge < -0.3 is 0 Å². The summed E-state index contributed by atoms with van der Waals surface area (Å²) >= 11 is 3.46. The summed E-state index contributed by atoms with van der Waals surface area (Å²) in [4.78, 5) is 11.5. The van der Waals surface area contributed by atoms with Crippen LogP contribution in [0.3, 0.4) is 0 Å². The predicted octanol–water partition coefficient (Wildman–Crippen LogP) is 5.82. The lowest BCUT2D eigenvalue weighted by atomic mass is 9.94. The van der Waals surface area contributed by atoms with Crippen LogP contribution < -0.4 is 0 Å². The number of hydrogen-bond donors (Lipinski definition) is 0. The Morgan fingerprint density at radius 1 is 0.826 bits per heavy atom. The van der Waals surface area contributed by atoms with Gasteiger partial charge in [0.05, 0.1) is 16.1 Å². The largest absolute Gasteiger partial charge is 0.284 e. The lowest BCUT2D eigenvalue weighted by Crippen LogP contribution is -1.97. The van der Waals surface area contributed by atoms with Crippen molar-refractivity contribution in [2.45, 2.75) is 5.33 Å². The number of nitro groups is 1. The minimum Gasteiger partial charge on any atom is -0.258 e. The molecule has 0 heterocycles. The highest BCUT2D eigenvalue weighted by Gasteiger charge is 2.23. The van der Waals surface area contributed by atoms with Crippen LogP contribution in [-0.4, -0.2) is 4.92 Å². The Labute approximate surface area is 142 Å². The predicted molar refractivity (Wildman–Crippen MR) is 96.6 cm³/mol. The number of hydrogen-bond acceptors (Lipinski definition) is 2. The molecular formula is C19H14BrNO2. The lowest BCUT2D eigenvalue weighted by Gasteiger charge is -2.11. The van der Waals surface area contributed by atoms with Crippen molar-refractivity contribution in [1.82, 2.24) is 0 Å². The number of rotatable bonds is 4. The Kier molecular flexibility index (Phi) is 4.53. The number of alkyl halides is 1. The minimum absolute atomic E-state index is 0.145. The molecule has 0 bridgehead atoms. The fraction of sp³-hybridized carbons (Fsp3) is 0.0526. The number of benzene rings is 3. The average molecular weight is 368 g/mol. The van der Waals surface area contributed by atoms with Crippen LogP contribution in [0.2, 0.25) is 0 Å². The molecule has 0 saturated carbocycles. The first-order valence-corrected chi connectivity index (χ1v) is 8.31. The summed E-state index contributed by atoms with van der Waals surface area (Å²) in [6.07, 6.45) is 0. The quantitative estimate of drug-likeness (QED) is 0.331. The molecule has 0 aliphatic rings. The Balaban J connectivity index is 2.33. The summed E-state index contributed by atoms with van der Waals surface area (Å²) < 4.78 is 0. The third kappa shape index (κ3) is 3.17. The van der Waals surface area contributed by atoms with Gasteiger partial charge in [0.25, 0.3) is 5.69 Å². The van der Waals surface area contributed by atoms with Crippen LogP contribution in [0, 0.1) is 10.1 Å². The van der Waals surface area contributed by atoms with Crippen LogP contribution >= 0.6 is 15.9 Å². The summed E-state index contributed by atoms with van der Waals surface area (Å²) in [6, 6.07) is 22.7. The Hall–Kier alpha value is -2.46. The second kappa shape index (κ2) is 6.75. The summed E-state index contributed by atoms with van der Waals surface area (Å²) in [5.41, 5.74) is 4.14. The van der Waals surface area contributed by atoms with E-state index in [9.17, 15) is 10.1 Å². The monoisotopic (exact) mass is 367 g/mol. The average Bonchev–Trinajstić information content (AvgIpc) is 2.62. The maximum Gasteiger partial charge on any atom is 0.284 e. The summed E-state index contributed by atoms with van der Waals surface area (Å²) in [6.45, 7) is 0. The van der Waals surface area contributed by atoms with E-state index in [-0.39, 0.29) is 10.6 Å². The molecule has 0 N–H and O–H groups in total. The Morgan fingerprint density at radius 3 is 1.61 bits per heavy atom. The zero-order chi connectivity index (χ0) is 16.2. The van der Waals surface area contributed by atoms with Gasteiger partial charge >= 0.3 is 0 Å². The third-order valence-corrected chi connectivity index (χ3v) is 4.32. The zero-order valence-corrected chi connectivity index (χ0v) is 13.9. The molecule has 0 spiro atoms. The number of nitro benzene ring substituents is 1. The fourth-order valence-corrected chi connectivity index (χ4v) is 2.97. The number of halogens is 1. The van der Waals surface area contributed by atoms with Gasteiger partial charge in [-0.2, -0.15) is 0 Å². The van der Waals surface area contributed by atoms with E-state index in [0.717, 1.165) is 16.7 Å². The lowest BCUT2D eigenvalue weighted by molar-refractivity contribution is -0.383. The molecular weight excluding hydrogens is 354 g/mol. The van der Waals surface area contributed by atoms with Gasteiger partial charge in [0, 0.05) is 5.33 Å². The van der Waals surface area contributed by atoms with Gasteiger partial charge in [0.15, 0.2) is 0 Å². The second-order valence-corrected chi connectivity index (χ2v) is 5.72. The van der Waals surface area contributed by atoms with Gasteiger partial charge in [-0.05, 0) is 28.8 Å². The maximum absolute atomic E-state index is 11.8. The van der Waals surface area contributed by atoms with E-state index >= 15 is 0 Å². The van der Waals surface area contributed by atoms with Crippen LogP contribution in [0.25, 0.3) is 22.3 Å². The standard InChI is InChI=1S/C19H14BrNO2/c20-13-14-11-17(15-7-3-1-4-8-15)19(21(22)23)18(12-14)16-9-5-2-6-10-16/h1-12H,13H2. The molecule has 0 aliphatic carbocycles. The first kappa shape index (κ1) is 15.4. The highest BCUT2D eigenvalue weighted by molar-refractivity contribution is 9.08. The topological polar surface area (TPSA) is 43.1 Å². The van der Waals surface area contributed by atoms with Gasteiger partial charge in [-0.25, -0.2) is 0 Å². The molecule has 4 heteroatoms. The molecule has 114 valence electrons. The molecule has 0 aliphatic heterocycles. The molecule has 0 aromatic heterocycles. The fourth-order valence-electron chi connectivity index (χ4n) is 2.64. The zero-order valence-electron chi connectivity index (χ0n) is 12.3. The molecule has 0 fully saturated rings. The molecule has 3 aromatic carbocycles. The SMILES string of the molecule is O=[N+]([O-])c1c(-c2ccccc2)cc(CBr)cc1-c1ccccc1. The molecule has 0 atom stereocenters. The van der Waals surface area contributed by atoms with E-state index < -0.39 is 0 Å². The van der Waals surface area contributed by atoms with E-state index in [1.165, 1.54) is 0 Å². The van der Waals surface area contributed by atoms with Gasteiger partial charge in [0.1, 0.15) is 0 Å².